The van der Waals surface area contributed by atoms with E-state index in [1.165, 1.54) is 18.2 Å². The number of benzene rings is 2. The van der Waals surface area contributed by atoms with Crippen LogP contribution in [0.5, 0.6) is 0 Å². The molecule has 6 heteroatoms. The van der Waals surface area contributed by atoms with E-state index in [0.29, 0.717) is 11.1 Å². The summed E-state index contributed by atoms with van der Waals surface area (Å²) in [6.45, 7) is 0. The Balaban J connectivity index is 2.18. The van der Waals surface area contributed by atoms with Gasteiger partial charge in [-0.25, -0.2) is 9.18 Å². The van der Waals surface area contributed by atoms with E-state index in [-0.39, 0.29) is 12.0 Å². The molecule has 0 aromatic heterocycles. The number of carbonyl (C=O) groups excluding carboxylic acids is 1. The summed E-state index contributed by atoms with van der Waals surface area (Å²) in [4.78, 5) is 23.4. The molecule has 0 unspecified atom stereocenters. The van der Waals surface area contributed by atoms with E-state index in [0.717, 1.165) is 6.07 Å². The molecule has 0 aliphatic heterocycles. The number of hydrogen-bond acceptors (Lipinski definition) is 3. The smallest absolute Gasteiger partial charge is 0.326 e. The highest BCUT2D eigenvalue weighted by Crippen LogP contribution is 2.11. The van der Waals surface area contributed by atoms with Crippen LogP contribution >= 0.6 is 0 Å². The number of nitrogens with one attached hydrogen (secondary N) is 1. The minimum absolute atomic E-state index is 0.0322. The number of carboxylic acids is 1. The molecule has 0 aliphatic rings. The minimum atomic E-state index is -1.23. The van der Waals surface area contributed by atoms with Gasteiger partial charge in [-0.1, -0.05) is 24.3 Å². The van der Waals surface area contributed by atoms with E-state index >= 15 is 0 Å². The SMILES string of the molecule is N#Cc1ccccc1C[C@H](NC(=O)c1cccc(F)c1)C(=O)O. The number of hydrogen-bond donors (Lipinski definition) is 2. The van der Waals surface area contributed by atoms with Gasteiger partial charge in [-0.3, -0.25) is 4.79 Å². The highest BCUT2D eigenvalue weighted by atomic mass is 19.1. The first-order valence-electron chi connectivity index (χ1n) is 6.78. The molecular weight excluding hydrogens is 299 g/mol. The van der Waals surface area contributed by atoms with Gasteiger partial charge in [0, 0.05) is 12.0 Å². The van der Waals surface area contributed by atoms with Crippen molar-refractivity contribution in [1.82, 2.24) is 5.32 Å². The van der Waals surface area contributed by atoms with Gasteiger partial charge >= 0.3 is 5.97 Å². The maximum absolute atomic E-state index is 13.1. The lowest BCUT2D eigenvalue weighted by Crippen LogP contribution is -2.42. The number of halogens is 1. The molecule has 0 fully saturated rings. The molecule has 0 saturated carbocycles. The fraction of sp³-hybridized carbons (Fsp3) is 0.118. The average molecular weight is 312 g/mol. The van der Waals surface area contributed by atoms with Crippen molar-refractivity contribution < 1.29 is 19.1 Å². The summed E-state index contributed by atoms with van der Waals surface area (Å²) < 4.78 is 13.1. The molecule has 0 aliphatic carbocycles. The summed E-state index contributed by atoms with van der Waals surface area (Å²) >= 11 is 0. The third-order valence-electron chi connectivity index (χ3n) is 3.25. The first-order chi connectivity index (χ1) is 11.0. The predicted molar refractivity (Wildman–Crippen MR) is 80.2 cm³/mol. The number of nitriles is 1. The molecule has 0 saturated heterocycles. The van der Waals surface area contributed by atoms with Gasteiger partial charge in [0.15, 0.2) is 0 Å². The van der Waals surface area contributed by atoms with Crippen molar-refractivity contribution in [3.8, 4) is 6.07 Å². The Hall–Kier alpha value is -3.20. The zero-order chi connectivity index (χ0) is 16.8. The lowest BCUT2D eigenvalue weighted by Gasteiger charge is -2.15. The van der Waals surface area contributed by atoms with Crippen LogP contribution in [-0.2, 0) is 11.2 Å². The monoisotopic (exact) mass is 312 g/mol. The van der Waals surface area contributed by atoms with Gasteiger partial charge in [-0.2, -0.15) is 5.26 Å². The molecule has 0 heterocycles. The van der Waals surface area contributed by atoms with Crippen LogP contribution in [-0.4, -0.2) is 23.0 Å². The summed E-state index contributed by atoms with van der Waals surface area (Å²) in [5.74, 6) is -2.51. The van der Waals surface area contributed by atoms with Gasteiger partial charge in [0.2, 0.25) is 0 Å². The van der Waals surface area contributed by atoms with Crippen LogP contribution in [0.25, 0.3) is 0 Å². The van der Waals surface area contributed by atoms with Crippen molar-refractivity contribution >= 4 is 11.9 Å². The molecule has 2 aromatic rings. The van der Waals surface area contributed by atoms with Gasteiger partial charge in [0.05, 0.1) is 11.6 Å². The van der Waals surface area contributed by atoms with Crippen molar-refractivity contribution in [1.29, 1.82) is 5.26 Å². The van der Waals surface area contributed by atoms with Crippen molar-refractivity contribution in [3.63, 3.8) is 0 Å². The van der Waals surface area contributed by atoms with E-state index in [1.54, 1.807) is 24.3 Å². The van der Waals surface area contributed by atoms with Gasteiger partial charge in [0.25, 0.3) is 5.91 Å². The van der Waals surface area contributed by atoms with Crippen LogP contribution in [0.1, 0.15) is 21.5 Å². The molecule has 0 spiro atoms. The second-order valence-corrected chi connectivity index (χ2v) is 4.85. The highest BCUT2D eigenvalue weighted by Gasteiger charge is 2.22. The van der Waals surface area contributed by atoms with Gasteiger partial charge in [0.1, 0.15) is 11.9 Å². The molecule has 23 heavy (non-hydrogen) atoms. The zero-order valence-electron chi connectivity index (χ0n) is 12.0. The Morgan fingerprint density at radius 1 is 1.22 bits per heavy atom. The van der Waals surface area contributed by atoms with Crippen LogP contribution < -0.4 is 5.32 Å². The van der Waals surface area contributed by atoms with Crippen molar-refractivity contribution in [2.24, 2.45) is 0 Å². The maximum Gasteiger partial charge on any atom is 0.326 e. The molecular formula is C17H13FN2O3. The van der Waals surface area contributed by atoms with Crippen LogP contribution in [0.15, 0.2) is 48.5 Å². The summed E-state index contributed by atoms with van der Waals surface area (Å²) in [5.41, 5.74) is 0.894. The summed E-state index contributed by atoms with van der Waals surface area (Å²) in [6.07, 6.45) is -0.0415. The lowest BCUT2D eigenvalue weighted by molar-refractivity contribution is -0.139. The van der Waals surface area contributed by atoms with E-state index in [1.807, 2.05) is 6.07 Å². The standard InChI is InChI=1S/C17H13FN2O3/c18-14-7-3-6-12(8-14)16(21)20-15(17(22)23)9-11-4-1-2-5-13(11)10-19/h1-8,15H,9H2,(H,20,21)(H,22,23)/t15-/m0/s1. The number of carboxylic acid groups (broad SMARTS) is 1. The Kier molecular flexibility index (Phi) is 5.05. The summed E-state index contributed by atoms with van der Waals surface area (Å²) in [7, 11) is 0. The minimum Gasteiger partial charge on any atom is -0.480 e. The maximum atomic E-state index is 13.1. The topological polar surface area (TPSA) is 90.2 Å². The molecule has 1 atom stereocenters. The molecule has 116 valence electrons. The molecule has 2 aromatic carbocycles. The third-order valence-corrected chi connectivity index (χ3v) is 3.25. The van der Waals surface area contributed by atoms with Crippen molar-refractivity contribution in [2.45, 2.75) is 12.5 Å². The van der Waals surface area contributed by atoms with Crippen LogP contribution in [0.4, 0.5) is 4.39 Å². The largest absolute Gasteiger partial charge is 0.480 e. The Morgan fingerprint density at radius 2 is 1.96 bits per heavy atom. The average Bonchev–Trinajstić information content (AvgIpc) is 2.54. The summed E-state index contributed by atoms with van der Waals surface area (Å²) in [5, 5.41) is 20.7. The lowest BCUT2D eigenvalue weighted by atomic mass is 10.0. The van der Waals surface area contributed by atoms with E-state index in [4.69, 9.17) is 5.26 Å². The Labute approximate surface area is 132 Å². The Bertz CT molecular complexity index is 783. The van der Waals surface area contributed by atoms with E-state index in [9.17, 15) is 19.1 Å². The second kappa shape index (κ2) is 7.18. The normalized spacial score (nSPS) is 11.3. The molecule has 5 nitrogen and oxygen atoms in total. The van der Waals surface area contributed by atoms with E-state index < -0.39 is 23.7 Å². The predicted octanol–water partition coefficient (Wildman–Crippen LogP) is 2.12. The molecule has 0 bridgehead atoms. The van der Waals surface area contributed by atoms with Crippen LogP contribution in [0, 0.1) is 17.1 Å². The second-order valence-electron chi connectivity index (χ2n) is 4.85. The number of aliphatic carboxylic acids is 1. The number of nitrogens with zero attached hydrogens (tertiary/aromatic N) is 1. The molecule has 0 radical (unpaired) electrons. The summed E-state index contributed by atoms with van der Waals surface area (Å²) in [6, 6.07) is 12.3. The fourth-order valence-corrected chi connectivity index (χ4v) is 2.10. The molecule has 1 amide bonds. The third kappa shape index (κ3) is 4.14. The number of amides is 1. The quantitative estimate of drug-likeness (QED) is 0.885. The molecule has 2 rings (SSSR count). The number of carbonyl (C=O) groups is 2. The van der Waals surface area contributed by atoms with Crippen molar-refractivity contribution in [2.75, 3.05) is 0 Å². The van der Waals surface area contributed by atoms with Crippen LogP contribution in [0.3, 0.4) is 0 Å². The number of rotatable bonds is 5. The van der Waals surface area contributed by atoms with Gasteiger partial charge < -0.3 is 10.4 Å². The first-order valence-corrected chi connectivity index (χ1v) is 6.78. The highest BCUT2D eigenvalue weighted by molar-refractivity contribution is 5.96. The van der Waals surface area contributed by atoms with E-state index in [2.05, 4.69) is 5.32 Å². The fourth-order valence-electron chi connectivity index (χ4n) is 2.10. The van der Waals surface area contributed by atoms with Crippen LogP contribution in [0.2, 0.25) is 0 Å². The zero-order valence-corrected chi connectivity index (χ0v) is 12.0. The Morgan fingerprint density at radius 3 is 2.61 bits per heavy atom. The van der Waals surface area contributed by atoms with Gasteiger partial charge in [-0.15, -0.1) is 0 Å². The van der Waals surface area contributed by atoms with Crippen molar-refractivity contribution in [3.05, 3.63) is 71.0 Å². The van der Waals surface area contributed by atoms with Gasteiger partial charge in [-0.05, 0) is 29.8 Å². The first kappa shape index (κ1) is 16.2. The molecule has 2 N–H and O–H groups in total.